The number of alkyl halides is 6. The first-order valence-corrected chi connectivity index (χ1v) is 11.4. The first-order valence-electron chi connectivity index (χ1n) is 10.6. The molecule has 2 aromatic carbocycles. The predicted molar refractivity (Wildman–Crippen MR) is 123 cm³/mol. The van der Waals surface area contributed by atoms with Gasteiger partial charge in [-0.15, -0.1) is 0 Å². The van der Waals surface area contributed by atoms with Gasteiger partial charge in [-0.05, 0) is 42.7 Å². The molecule has 194 valence electrons. The van der Waals surface area contributed by atoms with E-state index in [1.54, 1.807) is 0 Å². The maximum Gasteiger partial charge on any atom is 0.416 e. The molecule has 2 N–H and O–H groups in total. The Labute approximate surface area is 215 Å². The number of rotatable bonds is 6. The number of amides is 1. The largest absolute Gasteiger partial charge is 0.416 e. The molecule has 0 bridgehead atoms. The number of carbonyl (C=O) groups is 1. The van der Waals surface area contributed by atoms with Gasteiger partial charge in [-0.2, -0.15) is 36.7 Å². The number of hydrogen-bond donors (Lipinski definition) is 2. The molecule has 6 nitrogen and oxygen atoms in total. The standard InChI is InChI=1S/C23H15Cl2F6N5O/c24-15-7-14(23(29,30)31)8-16(25)19(15)36-20(18(17(9-32)35-36)34-21(37)12-3-4-12)33-10-11-1-5-13(6-2-11)22(26,27)28/h1-2,5-8,12,33H,3-4,10H2,(H,34,37). The molecule has 14 heteroatoms. The molecule has 1 aromatic heterocycles. The van der Waals surface area contributed by atoms with Crippen molar-refractivity contribution in [2.75, 3.05) is 10.6 Å². The highest BCUT2D eigenvalue weighted by atomic mass is 35.5. The number of nitriles is 1. The molecule has 0 atom stereocenters. The van der Waals surface area contributed by atoms with Crippen LogP contribution in [0.2, 0.25) is 10.0 Å². The Balaban J connectivity index is 1.77. The van der Waals surface area contributed by atoms with Crippen LogP contribution in [0.3, 0.4) is 0 Å². The van der Waals surface area contributed by atoms with Crippen molar-refractivity contribution in [3.8, 4) is 11.8 Å². The van der Waals surface area contributed by atoms with Crippen LogP contribution in [0.5, 0.6) is 0 Å². The van der Waals surface area contributed by atoms with Crippen molar-refractivity contribution in [2.24, 2.45) is 5.92 Å². The van der Waals surface area contributed by atoms with Crippen LogP contribution >= 0.6 is 23.2 Å². The Morgan fingerprint density at radius 1 is 1.03 bits per heavy atom. The van der Waals surface area contributed by atoms with E-state index in [0.29, 0.717) is 30.5 Å². The van der Waals surface area contributed by atoms with Crippen LogP contribution in [0.15, 0.2) is 36.4 Å². The summed E-state index contributed by atoms with van der Waals surface area (Å²) in [6.07, 6.45) is -7.97. The quantitative estimate of drug-likeness (QED) is 0.316. The summed E-state index contributed by atoms with van der Waals surface area (Å²) >= 11 is 12.3. The zero-order valence-electron chi connectivity index (χ0n) is 18.4. The molecule has 1 saturated carbocycles. The number of benzene rings is 2. The number of anilines is 2. The molecule has 1 amide bonds. The van der Waals surface area contributed by atoms with Crippen molar-refractivity contribution in [1.82, 2.24) is 9.78 Å². The Kier molecular flexibility index (Phi) is 7.05. The molecule has 1 heterocycles. The number of carbonyl (C=O) groups excluding carboxylic acids is 1. The maximum absolute atomic E-state index is 13.2. The fourth-order valence-corrected chi connectivity index (χ4v) is 4.09. The molecule has 4 rings (SSSR count). The lowest BCUT2D eigenvalue weighted by Crippen LogP contribution is -2.16. The van der Waals surface area contributed by atoms with Crippen LogP contribution in [-0.4, -0.2) is 15.7 Å². The lowest BCUT2D eigenvalue weighted by molar-refractivity contribution is -0.138. The normalized spacial score (nSPS) is 13.8. The zero-order chi connectivity index (χ0) is 27.1. The van der Waals surface area contributed by atoms with Gasteiger partial charge < -0.3 is 10.6 Å². The average Bonchev–Trinajstić information content (AvgIpc) is 3.60. The van der Waals surface area contributed by atoms with Gasteiger partial charge in [0.15, 0.2) is 11.5 Å². The van der Waals surface area contributed by atoms with Gasteiger partial charge in [-0.1, -0.05) is 35.3 Å². The van der Waals surface area contributed by atoms with E-state index in [-0.39, 0.29) is 35.3 Å². The van der Waals surface area contributed by atoms with Crippen LogP contribution in [-0.2, 0) is 23.7 Å². The second kappa shape index (κ2) is 9.79. The molecule has 0 saturated heterocycles. The third-order valence-electron chi connectivity index (χ3n) is 5.48. The summed E-state index contributed by atoms with van der Waals surface area (Å²) in [7, 11) is 0. The Morgan fingerprint density at radius 2 is 1.59 bits per heavy atom. The number of aromatic nitrogens is 2. The van der Waals surface area contributed by atoms with E-state index in [9.17, 15) is 36.4 Å². The first kappa shape index (κ1) is 26.6. The summed E-state index contributed by atoms with van der Waals surface area (Å²) in [4.78, 5) is 12.5. The molecule has 1 aliphatic carbocycles. The van der Waals surface area contributed by atoms with Crippen LogP contribution in [0.4, 0.5) is 37.8 Å². The molecule has 0 radical (unpaired) electrons. The SMILES string of the molecule is N#Cc1nn(-c2c(Cl)cc(C(F)(F)F)cc2Cl)c(NCc2ccc(C(F)(F)F)cc2)c1NC(=O)C1CC1. The van der Waals surface area contributed by atoms with Crippen LogP contribution < -0.4 is 10.6 Å². The van der Waals surface area contributed by atoms with Gasteiger partial charge in [-0.25, -0.2) is 4.68 Å². The molecule has 37 heavy (non-hydrogen) atoms. The lowest BCUT2D eigenvalue weighted by atomic mass is 10.1. The summed E-state index contributed by atoms with van der Waals surface area (Å²) in [6.45, 7) is -0.100. The minimum atomic E-state index is -4.74. The fourth-order valence-electron chi connectivity index (χ4n) is 3.44. The van der Waals surface area contributed by atoms with Gasteiger partial charge in [0.25, 0.3) is 0 Å². The minimum absolute atomic E-state index is 0.0472. The molecule has 0 aliphatic heterocycles. The van der Waals surface area contributed by atoms with Crippen molar-refractivity contribution in [1.29, 1.82) is 5.26 Å². The van der Waals surface area contributed by atoms with Gasteiger partial charge in [0.2, 0.25) is 5.91 Å². The highest BCUT2D eigenvalue weighted by Gasteiger charge is 2.35. The van der Waals surface area contributed by atoms with E-state index in [1.165, 1.54) is 12.1 Å². The zero-order valence-corrected chi connectivity index (χ0v) is 19.9. The second-order valence-corrected chi connectivity index (χ2v) is 9.01. The molecular formula is C23H15Cl2F6N5O. The number of halogens is 8. The topological polar surface area (TPSA) is 82.7 Å². The van der Waals surface area contributed by atoms with Gasteiger partial charge >= 0.3 is 12.4 Å². The number of hydrogen-bond acceptors (Lipinski definition) is 4. The Hall–Kier alpha value is -3.43. The number of nitrogens with one attached hydrogen (secondary N) is 2. The van der Waals surface area contributed by atoms with Crippen LogP contribution in [0, 0.1) is 17.2 Å². The maximum atomic E-state index is 13.2. The van der Waals surface area contributed by atoms with Crippen molar-refractivity contribution in [2.45, 2.75) is 31.7 Å². The number of nitrogens with zero attached hydrogens (tertiary/aromatic N) is 3. The summed E-state index contributed by atoms with van der Waals surface area (Å²) < 4.78 is 79.2. The van der Waals surface area contributed by atoms with E-state index >= 15 is 0 Å². The van der Waals surface area contributed by atoms with Crippen molar-refractivity contribution >= 4 is 40.6 Å². The van der Waals surface area contributed by atoms with Crippen molar-refractivity contribution in [3.63, 3.8) is 0 Å². The van der Waals surface area contributed by atoms with E-state index in [1.807, 2.05) is 6.07 Å². The summed E-state index contributed by atoms with van der Waals surface area (Å²) in [5.41, 5.74) is -2.12. The molecule has 3 aromatic rings. The molecule has 1 aliphatic rings. The summed E-state index contributed by atoms with van der Waals surface area (Å²) in [5, 5.41) is 18.3. The third-order valence-corrected chi connectivity index (χ3v) is 6.06. The van der Waals surface area contributed by atoms with Gasteiger partial charge in [0.1, 0.15) is 17.4 Å². The Bertz CT molecular complexity index is 1370. The van der Waals surface area contributed by atoms with Crippen LogP contribution in [0.25, 0.3) is 5.69 Å². The van der Waals surface area contributed by atoms with E-state index in [0.717, 1.165) is 16.8 Å². The summed E-state index contributed by atoms with van der Waals surface area (Å²) in [5.74, 6) is -0.705. The minimum Gasteiger partial charge on any atom is -0.364 e. The van der Waals surface area contributed by atoms with E-state index < -0.39 is 39.4 Å². The Morgan fingerprint density at radius 3 is 2.08 bits per heavy atom. The third kappa shape index (κ3) is 5.78. The molecule has 0 unspecified atom stereocenters. The fraction of sp³-hybridized carbons (Fsp3) is 0.261. The highest BCUT2D eigenvalue weighted by molar-refractivity contribution is 6.38. The lowest BCUT2D eigenvalue weighted by Gasteiger charge is -2.16. The second-order valence-electron chi connectivity index (χ2n) is 8.19. The van der Waals surface area contributed by atoms with E-state index in [4.69, 9.17) is 23.2 Å². The molecule has 1 fully saturated rings. The van der Waals surface area contributed by atoms with Crippen molar-refractivity contribution < 1.29 is 31.1 Å². The predicted octanol–water partition coefficient (Wildman–Crippen LogP) is 7.05. The van der Waals surface area contributed by atoms with E-state index in [2.05, 4.69) is 15.7 Å². The van der Waals surface area contributed by atoms with Gasteiger partial charge in [-0.3, -0.25) is 4.79 Å². The first-order chi connectivity index (χ1) is 17.3. The van der Waals surface area contributed by atoms with Gasteiger partial charge in [0, 0.05) is 12.5 Å². The summed E-state index contributed by atoms with van der Waals surface area (Å²) in [6, 6.07) is 7.30. The monoisotopic (exact) mass is 561 g/mol. The van der Waals surface area contributed by atoms with Crippen molar-refractivity contribution in [3.05, 3.63) is 68.8 Å². The molecule has 0 spiro atoms. The average molecular weight is 562 g/mol. The van der Waals surface area contributed by atoms with Gasteiger partial charge in [0.05, 0.1) is 21.2 Å². The molecular weight excluding hydrogens is 547 g/mol. The highest BCUT2D eigenvalue weighted by Crippen LogP contribution is 2.41. The smallest absolute Gasteiger partial charge is 0.364 e. The van der Waals surface area contributed by atoms with Crippen LogP contribution in [0.1, 0.15) is 35.2 Å².